The van der Waals surface area contributed by atoms with E-state index in [-0.39, 0.29) is 0 Å². The molecule has 1 aliphatic heterocycles. The summed E-state index contributed by atoms with van der Waals surface area (Å²) in [6.45, 7) is 5.46. The highest BCUT2D eigenvalue weighted by Gasteiger charge is 2.22. The summed E-state index contributed by atoms with van der Waals surface area (Å²) in [6, 6.07) is 2.14. The number of anilines is 1. The lowest BCUT2D eigenvalue weighted by Crippen LogP contribution is -2.36. The third-order valence-corrected chi connectivity index (χ3v) is 4.63. The Labute approximate surface area is 138 Å². The van der Waals surface area contributed by atoms with Crippen molar-refractivity contribution in [3.63, 3.8) is 0 Å². The molecule has 2 aromatic heterocycles. The minimum Gasteiger partial charge on any atom is -0.372 e. The molecular weight excluding hydrogens is 286 g/mol. The highest BCUT2D eigenvalue weighted by molar-refractivity contribution is 5.38. The summed E-state index contributed by atoms with van der Waals surface area (Å²) in [6.07, 6.45) is 10.9. The van der Waals surface area contributed by atoms with Crippen LogP contribution < -0.4 is 5.32 Å². The van der Waals surface area contributed by atoms with Gasteiger partial charge in [0.25, 0.3) is 0 Å². The van der Waals surface area contributed by atoms with E-state index in [1.807, 2.05) is 19.4 Å². The van der Waals surface area contributed by atoms with Gasteiger partial charge < -0.3 is 5.32 Å². The number of aryl methyl sites for hydroxylation is 1. The maximum absolute atomic E-state index is 4.51. The largest absolute Gasteiger partial charge is 0.372 e. The topological polar surface area (TPSA) is 53.9 Å². The monoisotopic (exact) mass is 311 g/mol. The molecule has 0 spiro atoms. The van der Waals surface area contributed by atoms with Crippen molar-refractivity contribution in [2.75, 3.05) is 25.5 Å². The van der Waals surface area contributed by atoms with Gasteiger partial charge in [0.05, 0.1) is 5.69 Å². The van der Waals surface area contributed by atoms with E-state index >= 15 is 0 Å². The number of hydrogen-bond donors (Lipinski definition) is 1. The van der Waals surface area contributed by atoms with E-state index in [1.54, 1.807) is 12.4 Å². The second-order valence-electron chi connectivity index (χ2n) is 6.35. The maximum Gasteiger partial charge on any atom is 0.147 e. The van der Waals surface area contributed by atoms with Gasteiger partial charge in [-0.25, -0.2) is 4.98 Å². The van der Waals surface area contributed by atoms with Gasteiger partial charge in [-0.2, -0.15) is 0 Å². The molecule has 0 radical (unpaired) electrons. The molecule has 122 valence electrons. The molecule has 0 aliphatic carbocycles. The van der Waals surface area contributed by atoms with Crippen LogP contribution in [-0.4, -0.2) is 40.0 Å². The van der Waals surface area contributed by atoms with Gasteiger partial charge in [-0.05, 0) is 55.8 Å². The fourth-order valence-electron chi connectivity index (χ4n) is 3.38. The van der Waals surface area contributed by atoms with Crippen LogP contribution in [0, 0.1) is 12.8 Å². The zero-order valence-electron chi connectivity index (χ0n) is 14.0. The van der Waals surface area contributed by atoms with Gasteiger partial charge in [-0.15, -0.1) is 0 Å². The molecule has 5 heteroatoms. The summed E-state index contributed by atoms with van der Waals surface area (Å²) in [5, 5.41) is 3.15. The standard InChI is InChI=1S/C18H25N5/c1-14-11-20-6-5-16(14)13-23-9-3-4-15(12-23)10-17-18(19-2)22-8-7-21-17/h5-8,11,15H,3-4,9-10,12-13H2,1-2H3,(H,19,22). The molecule has 3 heterocycles. The highest BCUT2D eigenvalue weighted by Crippen LogP contribution is 2.24. The van der Waals surface area contributed by atoms with Crippen molar-refractivity contribution >= 4 is 5.82 Å². The molecule has 5 nitrogen and oxygen atoms in total. The van der Waals surface area contributed by atoms with Crippen molar-refractivity contribution in [3.05, 3.63) is 47.7 Å². The van der Waals surface area contributed by atoms with Crippen molar-refractivity contribution in [3.8, 4) is 0 Å². The third-order valence-electron chi connectivity index (χ3n) is 4.63. The molecule has 1 saturated heterocycles. The fraction of sp³-hybridized carbons (Fsp3) is 0.500. The second kappa shape index (κ2) is 7.51. The van der Waals surface area contributed by atoms with E-state index in [0.717, 1.165) is 31.0 Å². The van der Waals surface area contributed by atoms with E-state index < -0.39 is 0 Å². The number of piperidine rings is 1. The Kier molecular flexibility index (Phi) is 5.18. The first-order valence-electron chi connectivity index (χ1n) is 8.35. The summed E-state index contributed by atoms with van der Waals surface area (Å²) < 4.78 is 0. The lowest BCUT2D eigenvalue weighted by Gasteiger charge is -2.33. The average Bonchev–Trinajstić information content (AvgIpc) is 2.58. The molecule has 1 N–H and O–H groups in total. The molecule has 1 unspecified atom stereocenters. The van der Waals surface area contributed by atoms with Crippen molar-refractivity contribution < 1.29 is 0 Å². The van der Waals surface area contributed by atoms with E-state index in [9.17, 15) is 0 Å². The van der Waals surface area contributed by atoms with Crippen LogP contribution in [0.5, 0.6) is 0 Å². The number of likely N-dealkylation sites (tertiary alicyclic amines) is 1. The second-order valence-corrected chi connectivity index (χ2v) is 6.35. The molecular formula is C18H25N5. The number of pyridine rings is 1. The van der Waals surface area contributed by atoms with Crippen LogP contribution in [0.25, 0.3) is 0 Å². The Bertz CT molecular complexity index is 643. The van der Waals surface area contributed by atoms with Crippen LogP contribution in [0.4, 0.5) is 5.82 Å². The van der Waals surface area contributed by atoms with Gasteiger partial charge in [0, 0.05) is 44.9 Å². The molecule has 1 aliphatic rings. The molecule has 1 fully saturated rings. The van der Waals surface area contributed by atoms with Crippen LogP contribution in [-0.2, 0) is 13.0 Å². The van der Waals surface area contributed by atoms with Gasteiger partial charge >= 0.3 is 0 Å². The predicted octanol–water partition coefficient (Wildman–Crippen LogP) is 2.68. The van der Waals surface area contributed by atoms with Crippen LogP contribution >= 0.6 is 0 Å². The van der Waals surface area contributed by atoms with E-state index in [4.69, 9.17) is 0 Å². The Morgan fingerprint density at radius 2 is 2.13 bits per heavy atom. The highest BCUT2D eigenvalue weighted by atomic mass is 15.1. The Morgan fingerprint density at radius 1 is 1.26 bits per heavy atom. The predicted molar refractivity (Wildman–Crippen MR) is 92.3 cm³/mol. The van der Waals surface area contributed by atoms with Crippen LogP contribution in [0.15, 0.2) is 30.9 Å². The summed E-state index contributed by atoms with van der Waals surface area (Å²) in [5.41, 5.74) is 3.75. The zero-order chi connectivity index (χ0) is 16.1. The average molecular weight is 311 g/mol. The minimum absolute atomic E-state index is 0.648. The van der Waals surface area contributed by atoms with Crippen LogP contribution in [0.2, 0.25) is 0 Å². The van der Waals surface area contributed by atoms with Gasteiger partial charge in [0.15, 0.2) is 0 Å². The number of aromatic nitrogens is 3. The smallest absolute Gasteiger partial charge is 0.147 e. The number of hydrogen-bond acceptors (Lipinski definition) is 5. The molecule has 1 atom stereocenters. The molecule has 0 aromatic carbocycles. The maximum atomic E-state index is 4.51. The summed E-state index contributed by atoms with van der Waals surface area (Å²) >= 11 is 0. The first-order valence-corrected chi connectivity index (χ1v) is 8.35. The number of nitrogens with one attached hydrogen (secondary N) is 1. The number of rotatable bonds is 5. The molecule has 0 bridgehead atoms. The first kappa shape index (κ1) is 15.9. The Morgan fingerprint density at radius 3 is 2.96 bits per heavy atom. The SMILES string of the molecule is CNc1nccnc1CC1CCCN(Cc2ccncc2C)C1. The van der Waals surface area contributed by atoms with Crippen LogP contribution in [0.1, 0.15) is 29.7 Å². The fourth-order valence-corrected chi connectivity index (χ4v) is 3.38. The number of nitrogens with zero attached hydrogens (tertiary/aromatic N) is 4. The molecule has 0 saturated carbocycles. The third kappa shape index (κ3) is 4.05. The minimum atomic E-state index is 0.648. The summed E-state index contributed by atoms with van der Waals surface area (Å²) in [5.74, 6) is 1.56. The van der Waals surface area contributed by atoms with E-state index in [2.05, 4.69) is 38.2 Å². The lowest BCUT2D eigenvalue weighted by molar-refractivity contribution is 0.166. The lowest BCUT2D eigenvalue weighted by atomic mass is 9.92. The normalized spacial score (nSPS) is 18.8. The molecule has 23 heavy (non-hydrogen) atoms. The first-order chi connectivity index (χ1) is 11.3. The van der Waals surface area contributed by atoms with Crippen LogP contribution in [0.3, 0.4) is 0 Å². The quantitative estimate of drug-likeness (QED) is 0.920. The Hall–Kier alpha value is -2.01. The van der Waals surface area contributed by atoms with Gasteiger partial charge in [0.1, 0.15) is 5.82 Å². The summed E-state index contributed by atoms with van der Waals surface area (Å²) in [4.78, 5) is 15.6. The van der Waals surface area contributed by atoms with Crippen molar-refractivity contribution in [1.29, 1.82) is 0 Å². The summed E-state index contributed by atoms with van der Waals surface area (Å²) in [7, 11) is 1.91. The molecule has 0 amide bonds. The van der Waals surface area contributed by atoms with E-state index in [0.29, 0.717) is 5.92 Å². The zero-order valence-corrected chi connectivity index (χ0v) is 14.0. The van der Waals surface area contributed by atoms with Crippen molar-refractivity contribution in [2.45, 2.75) is 32.7 Å². The van der Waals surface area contributed by atoms with Gasteiger partial charge in [-0.3, -0.25) is 14.9 Å². The van der Waals surface area contributed by atoms with Gasteiger partial charge in [-0.1, -0.05) is 0 Å². The van der Waals surface area contributed by atoms with Gasteiger partial charge in [0.2, 0.25) is 0 Å². The van der Waals surface area contributed by atoms with Crippen molar-refractivity contribution in [2.24, 2.45) is 5.92 Å². The molecule has 2 aromatic rings. The van der Waals surface area contributed by atoms with E-state index in [1.165, 1.54) is 30.5 Å². The Balaban J connectivity index is 1.63. The van der Waals surface area contributed by atoms with Crippen molar-refractivity contribution in [1.82, 2.24) is 19.9 Å². The molecule has 3 rings (SSSR count).